The molecular formula is C18H21F3N4O2. The highest BCUT2D eigenvalue weighted by Crippen LogP contribution is 2.30. The molecule has 1 saturated heterocycles. The number of carbonyl (C=O) groups is 1. The Kier molecular flexibility index (Phi) is 6.12. The number of halogens is 3. The Bertz CT molecular complexity index is 753. The van der Waals surface area contributed by atoms with Gasteiger partial charge in [-0.2, -0.15) is 18.3 Å². The molecule has 0 bridgehead atoms. The van der Waals surface area contributed by atoms with Crippen LogP contribution in [0.3, 0.4) is 0 Å². The number of carbonyl (C=O) groups excluding carboxylic acids is 1. The third-order valence-electron chi connectivity index (χ3n) is 4.34. The second kappa shape index (κ2) is 8.53. The van der Waals surface area contributed by atoms with Crippen molar-refractivity contribution in [3.8, 4) is 11.3 Å². The summed E-state index contributed by atoms with van der Waals surface area (Å²) in [6.07, 6.45) is -3.25. The van der Waals surface area contributed by atoms with Gasteiger partial charge in [0.2, 0.25) is 5.91 Å². The highest BCUT2D eigenvalue weighted by atomic mass is 19.4. The third-order valence-corrected chi connectivity index (χ3v) is 4.34. The summed E-state index contributed by atoms with van der Waals surface area (Å²) in [6, 6.07) is 6.32. The van der Waals surface area contributed by atoms with Gasteiger partial charge in [0.15, 0.2) is 0 Å². The van der Waals surface area contributed by atoms with Crippen molar-refractivity contribution < 1.29 is 22.7 Å². The molecule has 2 heterocycles. The number of alkyl halides is 3. The van der Waals surface area contributed by atoms with Crippen LogP contribution >= 0.6 is 0 Å². The highest BCUT2D eigenvalue weighted by molar-refractivity contribution is 5.90. The van der Waals surface area contributed by atoms with Crippen LogP contribution in [0.15, 0.2) is 30.3 Å². The van der Waals surface area contributed by atoms with Crippen molar-refractivity contribution in [1.29, 1.82) is 0 Å². The van der Waals surface area contributed by atoms with E-state index >= 15 is 0 Å². The van der Waals surface area contributed by atoms with Gasteiger partial charge in [-0.15, -0.1) is 0 Å². The number of anilines is 1. The fraction of sp³-hybridized carbons (Fsp3) is 0.444. The van der Waals surface area contributed by atoms with Gasteiger partial charge in [0.1, 0.15) is 5.82 Å². The SMILES string of the molecule is O=C(CCCN1CCOCC1)Nc1cc(-c2ccc(C(F)(F)F)cc2)n[nH]1. The quantitative estimate of drug-likeness (QED) is 0.805. The minimum Gasteiger partial charge on any atom is -0.379 e. The summed E-state index contributed by atoms with van der Waals surface area (Å²) in [4.78, 5) is 14.3. The Morgan fingerprint density at radius 1 is 1.22 bits per heavy atom. The van der Waals surface area contributed by atoms with E-state index in [0.29, 0.717) is 23.5 Å². The molecule has 1 aromatic heterocycles. The van der Waals surface area contributed by atoms with E-state index in [1.54, 1.807) is 6.07 Å². The van der Waals surface area contributed by atoms with E-state index in [1.165, 1.54) is 12.1 Å². The Labute approximate surface area is 154 Å². The van der Waals surface area contributed by atoms with Crippen molar-refractivity contribution in [3.05, 3.63) is 35.9 Å². The minimum absolute atomic E-state index is 0.133. The fourth-order valence-corrected chi connectivity index (χ4v) is 2.86. The molecule has 1 aromatic carbocycles. The first kappa shape index (κ1) is 19.4. The standard InChI is InChI=1S/C18H21F3N4O2/c19-18(20,21)14-5-3-13(4-6-14)15-12-16(24-23-15)22-17(26)2-1-7-25-8-10-27-11-9-25/h3-6,12H,1-2,7-11H2,(H2,22,23,24,26). The summed E-state index contributed by atoms with van der Waals surface area (Å²) in [5.41, 5.74) is 0.287. The molecule has 0 unspecified atom stereocenters. The van der Waals surface area contributed by atoms with Crippen molar-refractivity contribution in [2.75, 3.05) is 38.2 Å². The third kappa shape index (κ3) is 5.54. The molecule has 27 heavy (non-hydrogen) atoms. The topological polar surface area (TPSA) is 70.2 Å². The molecule has 2 aromatic rings. The summed E-state index contributed by atoms with van der Waals surface area (Å²) < 4.78 is 43.1. The second-order valence-corrected chi connectivity index (χ2v) is 6.35. The molecule has 0 aliphatic carbocycles. The van der Waals surface area contributed by atoms with Crippen LogP contribution in [0.25, 0.3) is 11.3 Å². The van der Waals surface area contributed by atoms with Crippen molar-refractivity contribution in [2.24, 2.45) is 0 Å². The van der Waals surface area contributed by atoms with Gasteiger partial charge in [-0.25, -0.2) is 0 Å². The monoisotopic (exact) mass is 382 g/mol. The predicted octanol–water partition coefficient (Wildman–Crippen LogP) is 3.15. The normalized spacial score (nSPS) is 15.7. The lowest BCUT2D eigenvalue weighted by Gasteiger charge is -2.26. The molecule has 9 heteroatoms. The lowest BCUT2D eigenvalue weighted by atomic mass is 10.1. The second-order valence-electron chi connectivity index (χ2n) is 6.35. The summed E-state index contributed by atoms with van der Waals surface area (Å²) in [5, 5.41) is 9.46. The zero-order valence-electron chi connectivity index (χ0n) is 14.7. The van der Waals surface area contributed by atoms with E-state index in [2.05, 4.69) is 20.4 Å². The fourth-order valence-electron chi connectivity index (χ4n) is 2.86. The number of nitrogens with zero attached hydrogens (tertiary/aromatic N) is 2. The van der Waals surface area contributed by atoms with Crippen molar-refractivity contribution in [1.82, 2.24) is 15.1 Å². The number of morpholine rings is 1. The molecule has 0 spiro atoms. The first-order valence-electron chi connectivity index (χ1n) is 8.75. The number of aromatic amines is 1. The zero-order chi connectivity index (χ0) is 19.3. The van der Waals surface area contributed by atoms with Crippen LogP contribution in [-0.2, 0) is 15.7 Å². The van der Waals surface area contributed by atoms with E-state index in [-0.39, 0.29) is 5.91 Å². The van der Waals surface area contributed by atoms with Gasteiger partial charge in [0, 0.05) is 31.1 Å². The van der Waals surface area contributed by atoms with Crippen LogP contribution in [0.5, 0.6) is 0 Å². The zero-order valence-corrected chi connectivity index (χ0v) is 14.7. The Hall–Kier alpha value is -2.39. The largest absolute Gasteiger partial charge is 0.416 e. The van der Waals surface area contributed by atoms with Crippen LogP contribution < -0.4 is 5.32 Å². The molecule has 0 saturated carbocycles. The Balaban J connectivity index is 1.49. The summed E-state index contributed by atoms with van der Waals surface area (Å²) in [5.74, 6) is 0.284. The lowest BCUT2D eigenvalue weighted by molar-refractivity contribution is -0.137. The van der Waals surface area contributed by atoms with Gasteiger partial charge in [-0.1, -0.05) is 12.1 Å². The molecule has 0 radical (unpaired) electrons. The maximum absolute atomic E-state index is 12.6. The van der Waals surface area contributed by atoms with Gasteiger partial charge in [0.05, 0.1) is 24.5 Å². The first-order valence-corrected chi connectivity index (χ1v) is 8.75. The van der Waals surface area contributed by atoms with Crippen LogP contribution in [0.1, 0.15) is 18.4 Å². The van der Waals surface area contributed by atoms with Crippen molar-refractivity contribution in [2.45, 2.75) is 19.0 Å². The number of hydrogen-bond acceptors (Lipinski definition) is 4. The molecule has 1 fully saturated rings. The number of aromatic nitrogens is 2. The van der Waals surface area contributed by atoms with Crippen molar-refractivity contribution >= 4 is 11.7 Å². The number of benzene rings is 1. The van der Waals surface area contributed by atoms with Gasteiger partial charge in [-0.05, 0) is 25.1 Å². The number of H-pyrrole nitrogens is 1. The molecule has 6 nitrogen and oxygen atoms in total. The predicted molar refractivity (Wildman–Crippen MR) is 94.1 cm³/mol. The molecule has 1 aliphatic rings. The van der Waals surface area contributed by atoms with E-state index in [9.17, 15) is 18.0 Å². The van der Waals surface area contributed by atoms with Crippen LogP contribution in [0.2, 0.25) is 0 Å². The number of rotatable bonds is 6. The summed E-state index contributed by atoms with van der Waals surface area (Å²) in [6.45, 7) is 4.08. The minimum atomic E-state index is -4.37. The van der Waals surface area contributed by atoms with E-state index in [4.69, 9.17) is 4.74 Å². The Morgan fingerprint density at radius 3 is 2.59 bits per heavy atom. The lowest BCUT2D eigenvalue weighted by Crippen LogP contribution is -2.37. The number of nitrogens with one attached hydrogen (secondary N) is 2. The number of hydrogen-bond donors (Lipinski definition) is 2. The summed E-state index contributed by atoms with van der Waals surface area (Å²) in [7, 11) is 0. The molecule has 1 amide bonds. The molecule has 1 aliphatic heterocycles. The van der Waals surface area contributed by atoms with Gasteiger partial charge < -0.3 is 10.1 Å². The molecule has 2 N–H and O–H groups in total. The number of amides is 1. The van der Waals surface area contributed by atoms with Crippen LogP contribution in [0, 0.1) is 0 Å². The highest BCUT2D eigenvalue weighted by Gasteiger charge is 2.30. The molecular weight excluding hydrogens is 361 g/mol. The average molecular weight is 382 g/mol. The molecule has 0 atom stereocenters. The molecule has 3 rings (SSSR count). The summed E-state index contributed by atoms with van der Waals surface area (Å²) >= 11 is 0. The molecule has 146 valence electrons. The van der Waals surface area contributed by atoms with Gasteiger partial charge >= 0.3 is 6.18 Å². The number of ether oxygens (including phenoxy) is 1. The van der Waals surface area contributed by atoms with Crippen LogP contribution in [-0.4, -0.2) is 53.9 Å². The maximum atomic E-state index is 12.6. The van der Waals surface area contributed by atoms with Gasteiger partial charge in [0.25, 0.3) is 0 Å². The van der Waals surface area contributed by atoms with E-state index in [0.717, 1.165) is 51.4 Å². The van der Waals surface area contributed by atoms with E-state index in [1.807, 2.05) is 0 Å². The first-order chi connectivity index (χ1) is 12.9. The van der Waals surface area contributed by atoms with E-state index < -0.39 is 11.7 Å². The smallest absolute Gasteiger partial charge is 0.379 e. The maximum Gasteiger partial charge on any atom is 0.416 e. The van der Waals surface area contributed by atoms with Crippen molar-refractivity contribution in [3.63, 3.8) is 0 Å². The Morgan fingerprint density at radius 2 is 1.93 bits per heavy atom. The van der Waals surface area contributed by atoms with Crippen LogP contribution in [0.4, 0.5) is 19.0 Å². The van der Waals surface area contributed by atoms with Gasteiger partial charge in [-0.3, -0.25) is 14.8 Å². The average Bonchev–Trinajstić information content (AvgIpc) is 3.10.